The third kappa shape index (κ3) is 3.13. The van der Waals surface area contributed by atoms with Gasteiger partial charge in [-0.25, -0.2) is 0 Å². The van der Waals surface area contributed by atoms with E-state index in [2.05, 4.69) is 5.32 Å². The van der Waals surface area contributed by atoms with Gasteiger partial charge < -0.3 is 10.2 Å². The molecule has 2 fully saturated rings. The fraction of sp³-hybridized carbons (Fsp3) is 0.917. The standard InChI is InChI=1S/C12H24N4O3S/c1-14(2)12(17)11-10-13-6-9-16(11)20(18,19)15-7-4-3-5-8-15/h11,13H,3-10H2,1-2H3. The molecule has 1 N–H and O–H groups in total. The Morgan fingerprint density at radius 3 is 2.40 bits per heavy atom. The Balaban J connectivity index is 2.20. The minimum Gasteiger partial charge on any atom is -0.347 e. The minimum absolute atomic E-state index is 0.169. The number of likely N-dealkylation sites (N-methyl/N-ethyl adjacent to an activating group) is 1. The van der Waals surface area contributed by atoms with Crippen LogP contribution in [0.25, 0.3) is 0 Å². The van der Waals surface area contributed by atoms with E-state index in [0.717, 1.165) is 19.3 Å². The van der Waals surface area contributed by atoms with Gasteiger partial charge in [0.2, 0.25) is 5.91 Å². The van der Waals surface area contributed by atoms with Gasteiger partial charge in [0.05, 0.1) is 0 Å². The molecule has 1 unspecified atom stereocenters. The van der Waals surface area contributed by atoms with E-state index in [-0.39, 0.29) is 5.91 Å². The Hall–Kier alpha value is -0.700. The highest BCUT2D eigenvalue weighted by Crippen LogP contribution is 2.20. The van der Waals surface area contributed by atoms with Crippen LogP contribution < -0.4 is 5.32 Å². The van der Waals surface area contributed by atoms with Crippen LogP contribution in [0.4, 0.5) is 0 Å². The molecule has 0 spiro atoms. The van der Waals surface area contributed by atoms with Gasteiger partial charge in [0, 0.05) is 46.8 Å². The van der Waals surface area contributed by atoms with E-state index in [1.165, 1.54) is 13.5 Å². The van der Waals surface area contributed by atoms with Crippen LogP contribution >= 0.6 is 0 Å². The molecular weight excluding hydrogens is 280 g/mol. The number of carbonyl (C=O) groups excluding carboxylic acids is 1. The zero-order valence-corrected chi connectivity index (χ0v) is 13.0. The molecule has 20 heavy (non-hydrogen) atoms. The van der Waals surface area contributed by atoms with Crippen molar-refractivity contribution < 1.29 is 13.2 Å². The van der Waals surface area contributed by atoms with E-state index in [0.29, 0.717) is 32.7 Å². The van der Waals surface area contributed by atoms with E-state index in [9.17, 15) is 13.2 Å². The zero-order valence-electron chi connectivity index (χ0n) is 12.2. The first-order chi connectivity index (χ1) is 9.44. The van der Waals surface area contributed by atoms with Crippen molar-refractivity contribution in [2.24, 2.45) is 0 Å². The SMILES string of the molecule is CN(C)C(=O)C1CNCCN1S(=O)(=O)N1CCCCC1. The maximum Gasteiger partial charge on any atom is 0.282 e. The molecule has 0 saturated carbocycles. The normalized spacial score (nSPS) is 26.4. The third-order valence-electron chi connectivity index (χ3n) is 3.86. The van der Waals surface area contributed by atoms with Gasteiger partial charge in [-0.1, -0.05) is 6.42 Å². The summed E-state index contributed by atoms with van der Waals surface area (Å²) in [6.45, 7) is 2.45. The summed E-state index contributed by atoms with van der Waals surface area (Å²) in [5, 5.41) is 3.10. The molecule has 7 nitrogen and oxygen atoms in total. The van der Waals surface area contributed by atoms with Gasteiger partial charge in [0.1, 0.15) is 6.04 Å². The van der Waals surface area contributed by atoms with Gasteiger partial charge in [-0.05, 0) is 12.8 Å². The summed E-state index contributed by atoms with van der Waals surface area (Å²) in [6.07, 6.45) is 2.88. The molecule has 1 amide bonds. The average molecular weight is 304 g/mol. The van der Waals surface area contributed by atoms with Gasteiger partial charge in [-0.3, -0.25) is 4.79 Å². The van der Waals surface area contributed by atoms with Crippen molar-refractivity contribution in [3.63, 3.8) is 0 Å². The maximum atomic E-state index is 12.7. The molecule has 0 aromatic heterocycles. The van der Waals surface area contributed by atoms with Gasteiger partial charge >= 0.3 is 0 Å². The fourth-order valence-corrected chi connectivity index (χ4v) is 4.54. The lowest BCUT2D eigenvalue weighted by molar-refractivity contribution is -0.133. The molecule has 2 aliphatic heterocycles. The Morgan fingerprint density at radius 1 is 1.15 bits per heavy atom. The number of nitrogens with one attached hydrogen (secondary N) is 1. The molecule has 0 bridgehead atoms. The van der Waals surface area contributed by atoms with Gasteiger partial charge in [0.15, 0.2) is 0 Å². The third-order valence-corrected chi connectivity index (χ3v) is 5.91. The number of piperazine rings is 1. The van der Waals surface area contributed by atoms with Crippen molar-refractivity contribution in [1.29, 1.82) is 0 Å². The number of hydrogen-bond donors (Lipinski definition) is 1. The summed E-state index contributed by atoms with van der Waals surface area (Å²) in [4.78, 5) is 13.7. The first-order valence-corrected chi connectivity index (χ1v) is 8.53. The molecule has 8 heteroatoms. The molecule has 1 atom stereocenters. The van der Waals surface area contributed by atoms with Crippen LogP contribution in [0.2, 0.25) is 0 Å². The van der Waals surface area contributed by atoms with Crippen LogP contribution in [0.5, 0.6) is 0 Å². The Labute approximate surface area is 121 Å². The maximum absolute atomic E-state index is 12.7. The van der Waals surface area contributed by atoms with Crippen LogP contribution in [0, 0.1) is 0 Å². The average Bonchev–Trinajstić information content (AvgIpc) is 2.47. The molecular formula is C12H24N4O3S. The molecule has 2 saturated heterocycles. The Bertz CT molecular complexity index is 446. The molecule has 0 radical (unpaired) electrons. The van der Waals surface area contributed by atoms with E-state index < -0.39 is 16.3 Å². The number of carbonyl (C=O) groups is 1. The lowest BCUT2D eigenvalue weighted by Crippen LogP contribution is -2.62. The first kappa shape index (κ1) is 15.7. The number of amides is 1. The molecule has 116 valence electrons. The number of piperidine rings is 1. The molecule has 2 heterocycles. The van der Waals surface area contributed by atoms with Crippen molar-refractivity contribution in [3.05, 3.63) is 0 Å². The number of nitrogens with zero attached hydrogens (tertiary/aromatic N) is 3. The fourth-order valence-electron chi connectivity index (χ4n) is 2.71. The second kappa shape index (κ2) is 6.38. The minimum atomic E-state index is -3.53. The largest absolute Gasteiger partial charge is 0.347 e. The summed E-state index contributed by atoms with van der Waals surface area (Å²) in [5.41, 5.74) is 0. The highest BCUT2D eigenvalue weighted by atomic mass is 32.2. The summed E-state index contributed by atoms with van der Waals surface area (Å²) < 4.78 is 28.4. The molecule has 0 aliphatic carbocycles. The summed E-state index contributed by atoms with van der Waals surface area (Å²) in [5.74, 6) is -0.169. The Kier molecular flexibility index (Phi) is 5.00. The number of hydrogen-bond acceptors (Lipinski definition) is 4. The monoisotopic (exact) mass is 304 g/mol. The van der Waals surface area contributed by atoms with Gasteiger partial charge in [-0.15, -0.1) is 0 Å². The van der Waals surface area contributed by atoms with Gasteiger partial charge in [0.25, 0.3) is 10.2 Å². The molecule has 2 aliphatic rings. The predicted octanol–water partition coefficient (Wildman–Crippen LogP) is -0.921. The van der Waals surface area contributed by atoms with Crippen molar-refractivity contribution >= 4 is 16.1 Å². The Morgan fingerprint density at radius 2 is 1.80 bits per heavy atom. The molecule has 2 rings (SSSR count). The highest BCUT2D eigenvalue weighted by Gasteiger charge is 2.40. The van der Waals surface area contributed by atoms with Crippen LogP contribution in [0.3, 0.4) is 0 Å². The summed E-state index contributed by atoms with van der Waals surface area (Å²) in [6, 6.07) is -0.634. The van der Waals surface area contributed by atoms with E-state index >= 15 is 0 Å². The summed E-state index contributed by atoms with van der Waals surface area (Å²) in [7, 11) is -0.223. The smallest absolute Gasteiger partial charge is 0.282 e. The van der Waals surface area contributed by atoms with Crippen molar-refractivity contribution in [3.8, 4) is 0 Å². The lowest BCUT2D eigenvalue weighted by atomic mass is 10.2. The van der Waals surface area contributed by atoms with Crippen molar-refractivity contribution in [2.45, 2.75) is 25.3 Å². The summed E-state index contributed by atoms with van der Waals surface area (Å²) >= 11 is 0. The van der Waals surface area contributed by atoms with Crippen LogP contribution in [-0.4, -0.2) is 80.7 Å². The van der Waals surface area contributed by atoms with E-state index in [1.807, 2.05) is 0 Å². The highest BCUT2D eigenvalue weighted by molar-refractivity contribution is 7.86. The van der Waals surface area contributed by atoms with Crippen molar-refractivity contribution in [2.75, 3.05) is 46.8 Å². The number of rotatable bonds is 3. The van der Waals surface area contributed by atoms with Gasteiger partial charge in [-0.2, -0.15) is 17.0 Å². The van der Waals surface area contributed by atoms with E-state index in [1.54, 1.807) is 14.1 Å². The molecule has 0 aromatic rings. The van der Waals surface area contributed by atoms with E-state index in [4.69, 9.17) is 0 Å². The zero-order chi connectivity index (χ0) is 14.8. The predicted molar refractivity (Wildman–Crippen MR) is 76.4 cm³/mol. The van der Waals surface area contributed by atoms with Crippen LogP contribution in [0.1, 0.15) is 19.3 Å². The second-order valence-corrected chi connectivity index (χ2v) is 7.41. The lowest BCUT2D eigenvalue weighted by Gasteiger charge is -2.39. The molecule has 0 aromatic carbocycles. The van der Waals surface area contributed by atoms with Crippen molar-refractivity contribution in [1.82, 2.24) is 18.8 Å². The second-order valence-electron chi connectivity index (χ2n) is 5.53. The quantitative estimate of drug-likeness (QED) is 0.732. The van der Waals surface area contributed by atoms with Crippen LogP contribution in [-0.2, 0) is 15.0 Å². The van der Waals surface area contributed by atoms with Crippen LogP contribution in [0.15, 0.2) is 0 Å². The first-order valence-electron chi connectivity index (χ1n) is 7.13. The topological polar surface area (TPSA) is 73.0 Å².